The van der Waals surface area contributed by atoms with E-state index < -0.39 is 0 Å². The molecule has 2 rings (SSSR count). The highest BCUT2D eigenvalue weighted by molar-refractivity contribution is 9.10. The second kappa shape index (κ2) is 6.41. The molecule has 0 radical (unpaired) electrons. The lowest BCUT2D eigenvalue weighted by Gasteiger charge is -2.22. The lowest BCUT2D eigenvalue weighted by molar-refractivity contribution is 0.553. The Kier molecular flexibility index (Phi) is 4.83. The van der Waals surface area contributed by atoms with Gasteiger partial charge < -0.3 is 15.6 Å². The van der Waals surface area contributed by atoms with E-state index in [-0.39, 0.29) is 6.04 Å². The summed E-state index contributed by atoms with van der Waals surface area (Å²) in [5.41, 5.74) is 9.32. The summed E-state index contributed by atoms with van der Waals surface area (Å²) in [5.74, 6) is 0. The van der Waals surface area contributed by atoms with E-state index in [4.69, 9.17) is 5.73 Å². The van der Waals surface area contributed by atoms with Crippen molar-refractivity contribution in [1.82, 2.24) is 9.55 Å². The third-order valence-corrected chi connectivity index (χ3v) is 3.69. The number of halogens is 1. The van der Waals surface area contributed by atoms with Crippen LogP contribution in [0.3, 0.4) is 0 Å². The molecule has 0 saturated carbocycles. The molecule has 4 nitrogen and oxygen atoms in total. The van der Waals surface area contributed by atoms with E-state index in [2.05, 4.69) is 69.8 Å². The first-order valence-corrected chi connectivity index (χ1v) is 7.56. The molecule has 3 N–H and O–H groups in total. The lowest BCUT2D eigenvalue weighted by atomic mass is 10.1. The molecule has 0 fully saturated rings. The maximum Gasteiger partial charge on any atom is 0.0951 e. The highest BCUT2D eigenvalue weighted by Crippen LogP contribution is 2.24. The van der Waals surface area contributed by atoms with Crippen molar-refractivity contribution in [3.8, 4) is 0 Å². The zero-order valence-corrected chi connectivity index (χ0v) is 13.7. The van der Waals surface area contributed by atoms with Crippen LogP contribution in [0.2, 0.25) is 0 Å². The Morgan fingerprint density at radius 1 is 1.35 bits per heavy atom. The molecule has 0 saturated heterocycles. The summed E-state index contributed by atoms with van der Waals surface area (Å²) in [5, 5.41) is 3.49. The molecule has 1 unspecified atom stereocenters. The standard InChI is InChI=1S/C15H21BrN4/c1-10(2)20-9-18-8-15(20)14(7-17)19-13-5-11(3)4-12(16)6-13/h4-6,8-10,14,19H,7,17H2,1-3H3. The molecule has 0 amide bonds. The zero-order chi connectivity index (χ0) is 14.7. The van der Waals surface area contributed by atoms with Crippen molar-refractivity contribution in [2.45, 2.75) is 32.9 Å². The van der Waals surface area contributed by atoms with Crippen LogP contribution in [0.15, 0.2) is 35.2 Å². The van der Waals surface area contributed by atoms with Gasteiger partial charge in [-0.25, -0.2) is 4.98 Å². The molecule has 20 heavy (non-hydrogen) atoms. The van der Waals surface area contributed by atoms with Crippen LogP contribution in [-0.4, -0.2) is 16.1 Å². The smallest absolute Gasteiger partial charge is 0.0951 e. The van der Waals surface area contributed by atoms with Crippen molar-refractivity contribution < 1.29 is 0 Å². The van der Waals surface area contributed by atoms with Crippen LogP contribution in [0.5, 0.6) is 0 Å². The molecular weight excluding hydrogens is 316 g/mol. The van der Waals surface area contributed by atoms with Crippen molar-refractivity contribution in [2.24, 2.45) is 5.73 Å². The molecule has 0 aliphatic rings. The molecule has 1 aromatic carbocycles. The second-order valence-electron chi connectivity index (χ2n) is 5.27. The van der Waals surface area contributed by atoms with Crippen molar-refractivity contribution >= 4 is 21.6 Å². The topological polar surface area (TPSA) is 55.9 Å². The molecule has 1 aromatic heterocycles. The van der Waals surface area contributed by atoms with Crippen LogP contribution in [-0.2, 0) is 0 Å². The van der Waals surface area contributed by atoms with E-state index in [9.17, 15) is 0 Å². The van der Waals surface area contributed by atoms with Gasteiger partial charge in [0, 0.05) is 22.7 Å². The maximum atomic E-state index is 5.94. The van der Waals surface area contributed by atoms with Gasteiger partial charge in [-0.1, -0.05) is 15.9 Å². The summed E-state index contributed by atoms with van der Waals surface area (Å²) in [6.07, 6.45) is 3.74. The van der Waals surface area contributed by atoms with Crippen LogP contribution in [0.25, 0.3) is 0 Å². The van der Waals surface area contributed by atoms with Gasteiger partial charge >= 0.3 is 0 Å². The third kappa shape index (κ3) is 3.41. The van der Waals surface area contributed by atoms with Crippen LogP contribution >= 0.6 is 15.9 Å². The summed E-state index contributed by atoms with van der Waals surface area (Å²) in [4.78, 5) is 4.25. The zero-order valence-electron chi connectivity index (χ0n) is 12.1. The number of rotatable bonds is 5. The molecule has 0 spiro atoms. The van der Waals surface area contributed by atoms with Gasteiger partial charge in [-0.2, -0.15) is 0 Å². The van der Waals surface area contributed by atoms with Crippen LogP contribution in [0.1, 0.15) is 37.2 Å². The number of nitrogens with one attached hydrogen (secondary N) is 1. The highest BCUT2D eigenvalue weighted by Gasteiger charge is 2.16. The fourth-order valence-corrected chi connectivity index (χ4v) is 2.90. The number of hydrogen-bond acceptors (Lipinski definition) is 3. The van der Waals surface area contributed by atoms with E-state index in [1.165, 1.54) is 5.56 Å². The van der Waals surface area contributed by atoms with Crippen molar-refractivity contribution in [3.63, 3.8) is 0 Å². The van der Waals surface area contributed by atoms with E-state index in [0.717, 1.165) is 15.9 Å². The quantitative estimate of drug-likeness (QED) is 0.876. The number of aryl methyl sites for hydroxylation is 1. The largest absolute Gasteiger partial charge is 0.375 e. The summed E-state index contributed by atoms with van der Waals surface area (Å²) < 4.78 is 3.21. The Hall–Kier alpha value is -1.33. The predicted molar refractivity (Wildman–Crippen MR) is 86.9 cm³/mol. The van der Waals surface area contributed by atoms with E-state index in [1.54, 1.807) is 0 Å². The Balaban J connectivity index is 2.26. The summed E-state index contributed by atoms with van der Waals surface area (Å²) in [6.45, 7) is 6.87. The number of imidazole rings is 1. The molecular formula is C15H21BrN4. The number of nitrogens with zero attached hydrogens (tertiary/aromatic N) is 2. The average molecular weight is 337 g/mol. The minimum absolute atomic E-state index is 0.0496. The summed E-state index contributed by atoms with van der Waals surface area (Å²) in [6, 6.07) is 6.68. The number of anilines is 1. The maximum absolute atomic E-state index is 5.94. The van der Waals surface area contributed by atoms with Gasteiger partial charge in [0.1, 0.15) is 0 Å². The van der Waals surface area contributed by atoms with Gasteiger partial charge in [0.25, 0.3) is 0 Å². The Labute approximate surface area is 128 Å². The van der Waals surface area contributed by atoms with E-state index >= 15 is 0 Å². The Morgan fingerprint density at radius 2 is 2.10 bits per heavy atom. The fraction of sp³-hybridized carbons (Fsp3) is 0.400. The van der Waals surface area contributed by atoms with Gasteiger partial charge in [-0.15, -0.1) is 0 Å². The SMILES string of the molecule is Cc1cc(Br)cc(NC(CN)c2cncn2C(C)C)c1. The molecule has 0 bridgehead atoms. The number of benzene rings is 1. The number of nitrogens with two attached hydrogens (primary N) is 1. The first-order chi connectivity index (χ1) is 9.51. The molecule has 5 heteroatoms. The van der Waals surface area contributed by atoms with Gasteiger partial charge in [0.2, 0.25) is 0 Å². The molecule has 2 aromatic rings. The van der Waals surface area contributed by atoms with Crippen molar-refractivity contribution in [3.05, 3.63) is 46.5 Å². The normalized spacial score (nSPS) is 12.7. The summed E-state index contributed by atoms with van der Waals surface area (Å²) >= 11 is 3.52. The van der Waals surface area contributed by atoms with Crippen molar-refractivity contribution in [1.29, 1.82) is 0 Å². The van der Waals surface area contributed by atoms with Crippen LogP contribution < -0.4 is 11.1 Å². The van der Waals surface area contributed by atoms with E-state index in [0.29, 0.717) is 12.6 Å². The number of aromatic nitrogens is 2. The lowest BCUT2D eigenvalue weighted by Crippen LogP contribution is -2.24. The Morgan fingerprint density at radius 3 is 2.70 bits per heavy atom. The molecule has 0 aliphatic carbocycles. The number of hydrogen-bond donors (Lipinski definition) is 2. The van der Waals surface area contributed by atoms with E-state index in [1.807, 2.05) is 12.5 Å². The van der Waals surface area contributed by atoms with Gasteiger partial charge in [-0.05, 0) is 44.5 Å². The molecule has 108 valence electrons. The molecule has 0 aliphatic heterocycles. The van der Waals surface area contributed by atoms with Gasteiger partial charge in [-0.3, -0.25) is 0 Å². The average Bonchev–Trinajstić information content (AvgIpc) is 2.83. The summed E-state index contributed by atoms with van der Waals surface area (Å²) in [7, 11) is 0. The highest BCUT2D eigenvalue weighted by atomic mass is 79.9. The molecule has 1 heterocycles. The minimum atomic E-state index is 0.0496. The van der Waals surface area contributed by atoms with Crippen LogP contribution in [0.4, 0.5) is 5.69 Å². The first kappa shape index (κ1) is 15.1. The van der Waals surface area contributed by atoms with Crippen molar-refractivity contribution in [2.75, 3.05) is 11.9 Å². The minimum Gasteiger partial charge on any atom is -0.375 e. The second-order valence-corrected chi connectivity index (χ2v) is 6.19. The van der Waals surface area contributed by atoms with Gasteiger partial charge in [0.15, 0.2) is 0 Å². The third-order valence-electron chi connectivity index (χ3n) is 3.23. The fourth-order valence-electron chi connectivity index (χ4n) is 2.29. The van der Waals surface area contributed by atoms with Crippen LogP contribution in [0, 0.1) is 6.92 Å². The first-order valence-electron chi connectivity index (χ1n) is 6.76. The Bertz CT molecular complexity index is 557. The molecule has 1 atom stereocenters. The predicted octanol–water partition coefficient (Wildman–Crippen LogP) is 3.65. The van der Waals surface area contributed by atoms with Gasteiger partial charge in [0.05, 0.1) is 24.3 Å². The monoisotopic (exact) mass is 336 g/mol.